The highest BCUT2D eigenvalue weighted by atomic mass is 79.9. The van der Waals surface area contributed by atoms with Gasteiger partial charge in [0.25, 0.3) is 0 Å². The summed E-state index contributed by atoms with van der Waals surface area (Å²) in [5.41, 5.74) is 3.45. The van der Waals surface area contributed by atoms with Gasteiger partial charge < -0.3 is 18.9 Å². The highest BCUT2D eigenvalue weighted by Crippen LogP contribution is 2.38. The predicted octanol–water partition coefficient (Wildman–Crippen LogP) is 6.23. The van der Waals surface area contributed by atoms with Crippen molar-refractivity contribution in [3.8, 4) is 5.75 Å². The molecule has 3 aromatic carbocycles. The van der Waals surface area contributed by atoms with E-state index in [0.717, 1.165) is 32.7 Å². The molecule has 0 saturated carbocycles. The van der Waals surface area contributed by atoms with Crippen LogP contribution in [0.2, 0.25) is 0 Å². The fourth-order valence-electron chi connectivity index (χ4n) is 3.53. The molecular weight excluding hydrogens is 453 g/mol. The van der Waals surface area contributed by atoms with Crippen LogP contribution in [0.1, 0.15) is 27.7 Å². The van der Waals surface area contributed by atoms with E-state index in [1.54, 1.807) is 7.11 Å². The first-order valence-corrected chi connectivity index (χ1v) is 11.1. The molecule has 0 radical (unpaired) electrons. The molecule has 160 valence electrons. The normalized spacial score (nSPS) is 16.9. The Morgan fingerprint density at radius 2 is 1.13 bits per heavy atom. The molecule has 4 nitrogen and oxygen atoms in total. The smallest absolute Gasteiger partial charge is 0.494 e. The Hall–Kier alpha value is -2.28. The first-order valence-electron chi connectivity index (χ1n) is 10.4. The molecule has 0 spiro atoms. The van der Waals surface area contributed by atoms with E-state index in [0.29, 0.717) is 0 Å². The van der Waals surface area contributed by atoms with Crippen molar-refractivity contribution in [1.29, 1.82) is 0 Å². The fourth-order valence-corrected chi connectivity index (χ4v) is 3.79. The molecule has 1 saturated heterocycles. The van der Waals surface area contributed by atoms with Gasteiger partial charge in [0.15, 0.2) is 0 Å². The Morgan fingerprint density at radius 1 is 0.710 bits per heavy atom. The van der Waals surface area contributed by atoms with Crippen molar-refractivity contribution in [2.45, 2.75) is 38.9 Å². The summed E-state index contributed by atoms with van der Waals surface area (Å²) in [5, 5.41) is 0. The molecule has 0 aromatic heterocycles. The summed E-state index contributed by atoms with van der Waals surface area (Å²) < 4.78 is 18.8. The third-order valence-electron chi connectivity index (χ3n) is 6.09. The lowest BCUT2D eigenvalue weighted by Gasteiger charge is -2.32. The van der Waals surface area contributed by atoms with Gasteiger partial charge in [-0.2, -0.15) is 0 Å². The van der Waals surface area contributed by atoms with Gasteiger partial charge in [-0.3, -0.25) is 0 Å². The molecule has 4 rings (SSSR count). The number of nitrogens with zero attached hydrogens (tertiary/aromatic N) is 1. The number of anilines is 3. The summed E-state index contributed by atoms with van der Waals surface area (Å²) in [6.07, 6.45) is 0. The van der Waals surface area contributed by atoms with Crippen molar-refractivity contribution < 1.29 is 14.0 Å². The molecule has 1 aliphatic rings. The minimum Gasteiger partial charge on any atom is -0.497 e. The lowest BCUT2D eigenvalue weighted by atomic mass is 9.79. The maximum absolute atomic E-state index is 6.20. The van der Waals surface area contributed by atoms with Gasteiger partial charge >= 0.3 is 7.12 Å². The number of halogens is 1. The van der Waals surface area contributed by atoms with Gasteiger partial charge in [0, 0.05) is 21.5 Å². The number of rotatable bonds is 5. The Balaban J connectivity index is 1.68. The summed E-state index contributed by atoms with van der Waals surface area (Å²) in [4.78, 5) is 2.21. The molecule has 0 aliphatic carbocycles. The highest BCUT2D eigenvalue weighted by Gasteiger charge is 2.51. The Morgan fingerprint density at radius 3 is 1.58 bits per heavy atom. The van der Waals surface area contributed by atoms with Gasteiger partial charge in [0.05, 0.1) is 18.3 Å². The van der Waals surface area contributed by atoms with Gasteiger partial charge in [-0.25, -0.2) is 0 Å². The molecule has 0 unspecified atom stereocenters. The van der Waals surface area contributed by atoms with Gasteiger partial charge in [0.1, 0.15) is 5.75 Å². The van der Waals surface area contributed by atoms with Gasteiger partial charge in [-0.15, -0.1) is 0 Å². The number of benzene rings is 3. The maximum atomic E-state index is 6.20. The molecule has 1 aliphatic heterocycles. The number of hydrogen-bond donors (Lipinski definition) is 0. The molecule has 0 bridgehead atoms. The second-order valence-corrected chi connectivity index (χ2v) is 9.61. The first kappa shape index (κ1) is 21.9. The van der Waals surface area contributed by atoms with E-state index in [9.17, 15) is 0 Å². The molecule has 0 N–H and O–H groups in total. The molecule has 0 amide bonds. The highest BCUT2D eigenvalue weighted by molar-refractivity contribution is 9.10. The van der Waals surface area contributed by atoms with Crippen LogP contribution in [-0.2, 0) is 9.31 Å². The van der Waals surface area contributed by atoms with Crippen molar-refractivity contribution >= 4 is 45.6 Å². The Bertz CT molecular complexity index is 1020. The van der Waals surface area contributed by atoms with Crippen LogP contribution in [0.5, 0.6) is 5.75 Å². The summed E-state index contributed by atoms with van der Waals surface area (Å²) in [6, 6.07) is 24.7. The average molecular weight is 480 g/mol. The van der Waals surface area contributed by atoms with E-state index in [2.05, 4.69) is 97.1 Å². The SMILES string of the molecule is COc1ccc(N(c2ccc(Br)cc2)c2ccc(B3OC(C)(C)C(C)(C)O3)cc2)cc1. The van der Waals surface area contributed by atoms with Crippen LogP contribution in [0.4, 0.5) is 17.1 Å². The van der Waals surface area contributed by atoms with Crippen LogP contribution < -0.4 is 15.1 Å². The zero-order valence-corrected chi connectivity index (χ0v) is 20.1. The van der Waals surface area contributed by atoms with Crippen molar-refractivity contribution in [2.24, 2.45) is 0 Å². The van der Waals surface area contributed by atoms with Crippen molar-refractivity contribution in [1.82, 2.24) is 0 Å². The molecule has 31 heavy (non-hydrogen) atoms. The van der Waals surface area contributed by atoms with Gasteiger partial charge in [0.2, 0.25) is 0 Å². The van der Waals surface area contributed by atoms with Crippen molar-refractivity contribution in [3.63, 3.8) is 0 Å². The minimum absolute atomic E-state index is 0.358. The average Bonchev–Trinajstić information content (AvgIpc) is 2.98. The van der Waals surface area contributed by atoms with Gasteiger partial charge in [-0.05, 0) is 93.8 Å². The molecule has 1 fully saturated rings. The monoisotopic (exact) mass is 479 g/mol. The minimum atomic E-state index is -0.374. The lowest BCUT2D eigenvalue weighted by Crippen LogP contribution is -2.41. The van der Waals surface area contributed by atoms with Crippen LogP contribution in [0.25, 0.3) is 0 Å². The lowest BCUT2D eigenvalue weighted by molar-refractivity contribution is 0.00578. The largest absolute Gasteiger partial charge is 0.497 e. The van der Waals surface area contributed by atoms with Crippen LogP contribution in [0.15, 0.2) is 77.3 Å². The third-order valence-corrected chi connectivity index (χ3v) is 6.62. The molecule has 0 atom stereocenters. The third kappa shape index (κ3) is 4.38. The summed E-state index contributed by atoms with van der Waals surface area (Å²) in [7, 11) is 1.30. The topological polar surface area (TPSA) is 30.9 Å². The second kappa shape index (κ2) is 8.34. The fraction of sp³-hybridized carbons (Fsp3) is 0.280. The molecular formula is C25H27BBrNO3. The van der Waals surface area contributed by atoms with Crippen molar-refractivity contribution in [3.05, 3.63) is 77.3 Å². The molecule has 3 aromatic rings. The van der Waals surface area contributed by atoms with E-state index in [4.69, 9.17) is 14.0 Å². The quantitative estimate of drug-likeness (QED) is 0.406. The van der Waals surface area contributed by atoms with Crippen LogP contribution in [0, 0.1) is 0 Å². The van der Waals surface area contributed by atoms with E-state index < -0.39 is 0 Å². The van der Waals surface area contributed by atoms with E-state index in [1.165, 1.54) is 0 Å². The van der Waals surface area contributed by atoms with Crippen LogP contribution in [0.3, 0.4) is 0 Å². The summed E-state index contributed by atoms with van der Waals surface area (Å²) >= 11 is 3.53. The zero-order chi connectivity index (χ0) is 22.2. The van der Waals surface area contributed by atoms with Crippen LogP contribution >= 0.6 is 15.9 Å². The zero-order valence-electron chi connectivity index (χ0n) is 18.6. The molecule has 1 heterocycles. The van der Waals surface area contributed by atoms with E-state index in [-0.39, 0.29) is 18.3 Å². The predicted molar refractivity (Wildman–Crippen MR) is 131 cm³/mol. The van der Waals surface area contributed by atoms with Crippen molar-refractivity contribution in [2.75, 3.05) is 12.0 Å². The Kier molecular flexibility index (Phi) is 5.90. The van der Waals surface area contributed by atoms with Crippen LogP contribution in [-0.4, -0.2) is 25.4 Å². The first-order chi connectivity index (χ1) is 14.7. The summed E-state index contributed by atoms with van der Waals surface area (Å²) in [6.45, 7) is 8.28. The second-order valence-electron chi connectivity index (χ2n) is 8.69. The Labute approximate surface area is 193 Å². The van der Waals surface area contributed by atoms with E-state index in [1.807, 2.05) is 24.3 Å². The number of ether oxygens (including phenoxy) is 1. The maximum Gasteiger partial charge on any atom is 0.494 e. The number of hydrogen-bond acceptors (Lipinski definition) is 4. The van der Waals surface area contributed by atoms with E-state index >= 15 is 0 Å². The summed E-state index contributed by atoms with van der Waals surface area (Å²) in [5.74, 6) is 0.829. The standard InChI is InChI=1S/C25H27BBrNO3/c1-24(2)25(3,4)31-26(30-24)18-6-10-20(11-7-18)28(21-12-8-19(27)9-13-21)22-14-16-23(29-5)17-15-22/h6-17H,1-5H3. The number of methoxy groups -OCH3 is 1. The molecule has 6 heteroatoms. The van der Waals surface area contributed by atoms with Gasteiger partial charge in [-0.1, -0.05) is 28.1 Å².